The standard InChI is InChI=1S/C9H10N4OS/c10-8(14)7-6-5-4(12-3-13-6)1-2-11-9(5)15-7/h1-2,6-7,12-13H,3H2,(H2,10,14). The van der Waals surface area contributed by atoms with E-state index in [0.717, 1.165) is 16.3 Å². The Morgan fingerprint density at radius 1 is 1.67 bits per heavy atom. The Morgan fingerprint density at radius 3 is 3.33 bits per heavy atom. The van der Waals surface area contributed by atoms with Crippen molar-refractivity contribution in [3.8, 4) is 0 Å². The molecule has 1 aromatic heterocycles. The average molecular weight is 222 g/mol. The van der Waals surface area contributed by atoms with Gasteiger partial charge in [0.25, 0.3) is 0 Å². The van der Waals surface area contributed by atoms with Crippen molar-refractivity contribution in [3.05, 3.63) is 17.8 Å². The fraction of sp³-hybridized carbons (Fsp3) is 0.333. The first-order valence-corrected chi connectivity index (χ1v) is 5.57. The van der Waals surface area contributed by atoms with Crippen LogP contribution in [0.1, 0.15) is 11.6 Å². The normalized spacial score (nSPS) is 26.9. The monoisotopic (exact) mass is 222 g/mol. The maximum Gasteiger partial charge on any atom is 0.232 e. The van der Waals surface area contributed by atoms with Crippen LogP contribution >= 0.6 is 11.8 Å². The lowest BCUT2D eigenvalue weighted by Gasteiger charge is -2.26. The zero-order valence-electron chi connectivity index (χ0n) is 7.86. The molecule has 2 aliphatic rings. The first-order chi connectivity index (χ1) is 7.27. The fourth-order valence-corrected chi connectivity index (χ4v) is 3.24. The van der Waals surface area contributed by atoms with Crippen molar-refractivity contribution >= 4 is 23.4 Å². The Morgan fingerprint density at radius 2 is 2.53 bits per heavy atom. The van der Waals surface area contributed by atoms with Crippen LogP contribution in [0.25, 0.3) is 0 Å². The van der Waals surface area contributed by atoms with E-state index < -0.39 is 0 Å². The van der Waals surface area contributed by atoms with Gasteiger partial charge in [0.15, 0.2) is 0 Å². The molecule has 78 valence electrons. The predicted molar refractivity (Wildman–Crippen MR) is 57.4 cm³/mol. The number of nitrogens with two attached hydrogens (primary N) is 1. The van der Waals surface area contributed by atoms with E-state index in [1.165, 1.54) is 11.8 Å². The summed E-state index contributed by atoms with van der Waals surface area (Å²) in [5.74, 6) is -0.289. The lowest BCUT2D eigenvalue weighted by atomic mass is 10.0. The zero-order valence-corrected chi connectivity index (χ0v) is 8.67. The second-order valence-electron chi connectivity index (χ2n) is 3.55. The van der Waals surface area contributed by atoms with E-state index >= 15 is 0 Å². The highest BCUT2D eigenvalue weighted by atomic mass is 32.2. The number of amides is 1. The molecule has 4 N–H and O–H groups in total. The van der Waals surface area contributed by atoms with E-state index in [1.54, 1.807) is 6.20 Å². The Balaban J connectivity index is 2.12. The highest BCUT2D eigenvalue weighted by molar-refractivity contribution is 8.01. The number of nitrogens with zero attached hydrogens (tertiary/aromatic N) is 1. The molecule has 2 unspecified atom stereocenters. The topological polar surface area (TPSA) is 80.0 Å². The highest BCUT2D eigenvalue weighted by Gasteiger charge is 2.40. The van der Waals surface area contributed by atoms with E-state index in [9.17, 15) is 4.79 Å². The number of anilines is 1. The molecule has 0 aliphatic carbocycles. The predicted octanol–water partition coefficient (Wildman–Crippen LogP) is 0.0549. The average Bonchev–Trinajstić information content (AvgIpc) is 2.61. The summed E-state index contributed by atoms with van der Waals surface area (Å²) in [7, 11) is 0. The summed E-state index contributed by atoms with van der Waals surface area (Å²) < 4.78 is 0. The van der Waals surface area contributed by atoms with Crippen molar-refractivity contribution in [2.75, 3.05) is 12.0 Å². The van der Waals surface area contributed by atoms with E-state index in [2.05, 4.69) is 15.6 Å². The molecule has 0 saturated heterocycles. The van der Waals surface area contributed by atoms with Crippen molar-refractivity contribution in [1.29, 1.82) is 0 Å². The molecule has 2 aliphatic heterocycles. The van der Waals surface area contributed by atoms with Gasteiger partial charge in [-0.15, -0.1) is 0 Å². The van der Waals surface area contributed by atoms with Gasteiger partial charge in [0, 0.05) is 17.4 Å². The first-order valence-electron chi connectivity index (χ1n) is 4.69. The second kappa shape index (κ2) is 3.11. The van der Waals surface area contributed by atoms with Crippen LogP contribution in [0.15, 0.2) is 17.3 Å². The van der Waals surface area contributed by atoms with Gasteiger partial charge in [0.1, 0.15) is 10.3 Å². The molecule has 0 saturated carbocycles. The summed E-state index contributed by atoms with van der Waals surface area (Å²) in [6, 6.07) is 1.93. The van der Waals surface area contributed by atoms with Crippen molar-refractivity contribution in [3.63, 3.8) is 0 Å². The Hall–Kier alpha value is -1.27. The number of carbonyl (C=O) groups excluding carboxylic acids is 1. The molecule has 3 heterocycles. The minimum absolute atomic E-state index is 0.00690. The number of hydrogen-bond donors (Lipinski definition) is 3. The van der Waals surface area contributed by atoms with Crippen LogP contribution in [-0.2, 0) is 4.79 Å². The van der Waals surface area contributed by atoms with E-state index in [1.807, 2.05) is 6.07 Å². The maximum absolute atomic E-state index is 11.3. The first kappa shape index (κ1) is 8.99. The summed E-state index contributed by atoms with van der Waals surface area (Å²) in [5.41, 5.74) is 7.51. The number of thioether (sulfide) groups is 1. The maximum atomic E-state index is 11.3. The highest BCUT2D eigenvalue weighted by Crippen LogP contribution is 2.46. The second-order valence-corrected chi connectivity index (χ2v) is 4.68. The molecule has 0 aromatic carbocycles. The third kappa shape index (κ3) is 1.22. The molecule has 1 aromatic rings. The number of nitrogens with one attached hydrogen (secondary N) is 2. The van der Waals surface area contributed by atoms with Gasteiger partial charge in [-0.1, -0.05) is 11.8 Å². The fourth-order valence-electron chi connectivity index (χ4n) is 2.03. The summed E-state index contributed by atoms with van der Waals surface area (Å²) in [5, 5.41) is 7.12. The summed E-state index contributed by atoms with van der Waals surface area (Å²) >= 11 is 1.44. The third-order valence-corrected chi connectivity index (χ3v) is 3.99. The number of rotatable bonds is 1. The molecule has 0 bridgehead atoms. The van der Waals surface area contributed by atoms with Gasteiger partial charge in [-0.3, -0.25) is 10.1 Å². The number of aromatic nitrogens is 1. The molecule has 2 atom stereocenters. The lowest BCUT2D eigenvalue weighted by Crippen LogP contribution is -2.41. The van der Waals surface area contributed by atoms with Gasteiger partial charge in [-0.2, -0.15) is 0 Å². The molecule has 0 radical (unpaired) electrons. The van der Waals surface area contributed by atoms with Crippen LogP contribution < -0.4 is 16.4 Å². The van der Waals surface area contributed by atoms with Crippen LogP contribution in [0.4, 0.5) is 5.69 Å². The van der Waals surface area contributed by atoms with Crippen LogP contribution in [0, 0.1) is 0 Å². The number of carbonyl (C=O) groups is 1. The summed E-state index contributed by atoms with van der Waals surface area (Å²) in [4.78, 5) is 15.5. The molecule has 15 heavy (non-hydrogen) atoms. The summed E-state index contributed by atoms with van der Waals surface area (Å²) in [6.07, 6.45) is 1.75. The minimum Gasteiger partial charge on any atom is -0.372 e. The quantitative estimate of drug-likeness (QED) is 0.626. The molecular weight excluding hydrogens is 212 g/mol. The number of pyridine rings is 1. The van der Waals surface area contributed by atoms with Gasteiger partial charge in [0.2, 0.25) is 5.91 Å². The van der Waals surface area contributed by atoms with E-state index in [0.29, 0.717) is 6.67 Å². The Kier molecular flexibility index (Phi) is 1.86. The number of hydrogen-bond acceptors (Lipinski definition) is 5. The molecule has 5 nitrogen and oxygen atoms in total. The van der Waals surface area contributed by atoms with Crippen LogP contribution in [0.5, 0.6) is 0 Å². The van der Waals surface area contributed by atoms with Gasteiger partial charge in [-0.25, -0.2) is 4.98 Å². The molecule has 6 heteroatoms. The minimum atomic E-state index is -0.289. The molecule has 3 rings (SSSR count). The van der Waals surface area contributed by atoms with Crippen molar-refractivity contribution in [1.82, 2.24) is 10.3 Å². The smallest absolute Gasteiger partial charge is 0.232 e. The molecule has 0 spiro atoms. The van der Waals surface area contributed by atoms with Crippen LogP contribution in [0.3, 0.4) is 0 Å². The van der Waals surface area contributed by atoms with Gasteiger partial charge < -0.3 is 11.1 Å². The molecule has 1 amide bonds. The Bertz CT molecular complexity index is 436. The van der Waals surface area contributed by atoms with Crippen molar-refractivity contribution in [2.24, 2.45) is 5.73 Å². The lowest BCUT2D eigenvalue weighted by molar-refractivity contribution is -0.117. The van der Waals surface area contributed by atoms with Gasteiger partial charge in [-0.05, 0) is 6.07 Å². The van der Waals surface area contributed by atoms with E-state index in [4.69, 9.17) is 5.73 Å². The Labute approximate surface area is 90.8 Å². The summed E-state index contributed by atoms with van der Waals surface area (Å²) in [6.45, 7) is 0.658. The van der Waals surface area contributed by atoms with Crippen molar-refractivity contribution < 1.29 is 4.79 Å². The van der Waals surface area contributed by atoms with Crippen LogP contribution in [-0.4, -0.2) is 22.8 Å². The number of primary amides is 1. The molecular formula is C9H10N4OS. The van der Waals surface area contributed by atoms with Gasteiger partial charge in [0.05, 0.1) is 12.7 Å². The SMILES string of the molecule is NC(=O)C1Sc2nccc3c2C1NCN3. The largest absolute Gasteiger partial charge is 0.372 e. The van der Waals surface area contributed by atoms with Crippen LogP contribution in [0.2, 0.25) is 0 Å². The zero-order chi connectivity index (χ0) is 10.4. The van der Waals surface area contributed by atoms with Crippen molar-refractivity contribution in [2.45, 2.75) is 16.3 Å². The third-order valence-electron chi connectivity index (χ3n) is 2.69. The van der Waals surface area contributed by atoms with Gasteiger partial charge >= 0.3 is 0 Å². The van der Waals surface area contributed by atoms with E-state index in [-0.39, 0.29) is 17.2 Å². The molecule has 0 fully saturated rings.